The number of carbonyl (C=O) groups excluding carboxylic acids is 1. The normalized spacial score (nSPS) is 17.8. The Labute approximate surface area is 147 Å². The third-order valence-corrected chi connectivity index (χ3v) is 5.14. The SMILES string of the molecule is CSCC[C@@H](C(=O)O)N1C(=O)C(=Cc2cccc(F)c2)SC1=S. The number of rotatable bonds is 6. The molecule has 0 unspecified atom stereocenters. The molecule has 0 aliphatic carbocycles. The Kier molecular flexibility index (Phi) is 6.20. The van der Waals surface area contributed by atoms with Gasteiger partial charge in [0.1, 0.15) is 16.2 Å². The molecule has 0 aromatic heterocycles. The van der Waals surface area contributed by atoms with Crippen molar-refractivity contribution in [2.45, 2.75) is 12.5 Å². The van der Waals surface area contributed by atoms with E-state index in [2.05, 4.69) is 0 Å². The summed E-state index contributed by atoms with van der Waals surface area (Å²) in [4.78, 5) is 25.4. The van der Waals surface area contributed by atoms with Crippen molar-refractivity contribution in [1.82, 2.24) is 4.90 Å². The van der Waals surface area contributed by atoms with E-state index >= 15 is 0 Å². The molecule has 8 heteroatoms. The van der Waals surface area contributed by atoms with Gasteiger partial charge in [0.05, 0.1) is 4.91 Å². The Balaban J connectivity index is 2.26. The number of carboxylic acids is 1. The number of hydrogen-bond donors (Lipinski definition) is 1. The molecule has 1 heterocycles. The fraction of sp³-hybridized carbons (Fsp3) is 0.267. The molecule has 1 saturated heterocycles. The smallest absolute Gasteiger partial charge is 0.326 e. The highest BCUT2D eigenvalue weighted by atomic mass is 32.2. The topological polar surface area (TPSA) is 57.6 Å². The van der Waals surface area contributed by atoms with Gasteiger partial charge in [-0.2, -0.15) is 11.8 Å². The van der Waals surface area contributed by atoms with Gasteiger partial charge in [0.25, 0.3) is 5.91 Å². The van der Waals surface area contributed by atoms with Crippen molar-refractivity contribution < 1.29 is 19.1 Å². The highest BCUT2D eigenvalue weighted by Gasteiger charge is 2.40. The lowest BCUT2D eigenvalue weighted by Crippen LogP contribution is -2.44. The lowest BCUT2D eigenvalue weighted by atomic mass is 10.1. The molecule has 0 bridgehead atoms. The van der Waals surface area contributed by atoms with Gasteiger partial charge in [-0.3, -0.25) is 9.69 Å². The van der Waals surface area contributed by atoms with Crippen LogP contribution in [0.25, 0.3) is 6.08 Å². The summed E-state index contributed by atoms with van der Waals surface area (Å²) in [5.74, 6) is -1.32. The minimum atomic E-state index is -1.08. The molecule has 1 aromatic carbocycles. The molecule has 1 atom stereocenters. The molecule has 1 fully saturated rings. The molecule has 1 N–H and O–H groups in total. The average molecular weight is 371 g/mol. The third-order valence-electron chi connectivity index (χ3n) is 3.16. The van der Waals surface area contributed by atoms with Crippen LogP contribution in [0.5, 0.6) is 0 Å². The standard InChI is InChI=1S/C15H14FNO3S3/c1-22-6-5-11(14(19)20)17-13(18)12(23-15(17)21)8-9-3-2-4-10(16)7-9/h2-4,7-8,11H,5-6H2,1H3,(H,19,20)/t11-/m0/s1. The van der Waals surface area contributed by atoms with Crippen molar-refractivity contribution in [3.05, 3.63) is 40.6 Å². The van der Waals surface area contributed by atoms with Gasteiger partial charge in [-0.15, -0.1) is 0 Å². The van der Waals surface area contributed by atoms with Gasteiger partial charge in [0, 0.05) is 0 Å². The maximum absolute atomic E-state index is 13.2. The maximum atomic E-state index is 13.2. The molecule has 1 aliphatic heterocycles. The second-order valence-electron chi connectivity index (χ2n) is 4.74. The predicted octanol–water partition coefficient (Wildman–Crippen LogP) is 3.23. The molecule has 1 aliphatic rings. The van der Waals surface area contributed by atoms with Crippen molar-refractivity contribution in [1.29, 1.82) is 0 Å². The van der Waals surface area contributed by atoms with Crippen LogP contribution in [-0.2, 0) is 9.59 Å². The number of nitrogens with zero attached hydrogens (tertiary/aromatic N) is 1. The van der Waals surface area contributed by atoms with Crippen LogP contribution in [0.15, 0.2) is 29.2 Å². The first-order chi connectivity index (χ1) is 10.9. The molecule has 1 aromatic rings. The average Bonchev–Trinajstić information content (AvgIpc) is 2.75. The van der Waals surface area contributed by atoms with E-state index < -0.39 is 23.7 Å². The van der Waals surface area contributed by atoms with E-state index in [0.717, 1.165) is 16.7 Å². The fourth-order valence-electron chi connectivity index (χ4n) is 2.09. The number of carbonyl (C=O) groups is 2. The fourth-order valence-corrected chi connectivity index (χ4v) is 3.90. The number of thiocarbonyl (C=S) groups is 1. The van der Waals surface area contributed by atoms with Crippen molar-refractivity contribution >= 4 is 58.0 Å². The predicted molar refractivity (Wildman–Crippen MR) is 95.8 cm³/mol. The van der Waals surface area contributed by atoms with Gasteiger partial charge >= 0.3 is 5.97 Å². The van der Waals surface area contributed by atoms with Gasteiger partial charge in [-0.05, 0) is 42.2 Å². The summed E-state index contributed by atoms with van der Waals surface area (Å²) >= 11 is 7.71. The summed E-state index contributed by atoms with van der Waals surface area (Å²) in [5, 5.41) is 9.37. The van der Waals surface area contributed by atoms with Crippen molar-refractivity contribution in [3.63, 3.8) is 0 Å². The largest absolute Gasteiger partial charge is 0.480 e. The molecular formula is C15H14FNO3S3. The zero-order valence-corrected chi connectivity index (χ0v) is 14.6. The summed E-state index contributed by atoms with van der Waals surface area (Å²) in [6, 6.07) is 4.84. The number of amides is 1. The molecule has 0 radical (unpaired) electrons. The van der Waals surface area contributed by atoms with Crippen LogP contribution in [0.2, 0.25) is 0 Å². The van der Waals surface area contributed by atoms with Gasteiger partial charge in [-0.1, -0.05) is 36.1 Å². The zero-order valence-electron chi connectivity index (χ0n) is 12.2. The summed E-state index contributed by atoms with van der Waals surface area (Å²) in [6.07, 6.45) is 3.71. The lowest BCUT2D eigenvalue weighted by Gasteiger charge is -2.22. The number of halogens is 1. The van der Waals surface area contributed by atoms with Crippen molar-refractivity contribution in [2.24, 2.45) is 0 Å². The summed E-state index contributed by atoms with van der Waals surface area (Å²) in [5.41, 5.74) is 0.529. The van der Waals surface area contributed by atoms with Crippen molar-refractivity contribution in [3.8, 4) is 0 Å². The molecule has 4 nitrogen and oxygen atoms in total. The minimum Gasteiger partial charge on any atom is -0.480 e. The van der Waals surface area contributed by atoms with E-state index in [0.29, 0.717) is 22.6 Å². The molecule has 2 rings (SSSR count). The van der Waals surface area contributed by atoms with Crippen LogP contribution < -0.4 is 0 Å². The maximum Gasteiger partial charge on any atom is 0.326 e. The zero-order chi connectivity index (χ0) is 17.0. The molecule has 23 heavy (non-hydrogen) atoms. The van der Waals surface area contributed by atoms with E-state index in [1.54, 1.807) is 12.1 Å². The Morgan fingerprint density at radius 2 is 2.30 bits per heavy atom. The summed E-state index contributed by atoms with van der Waals surface area (Å²) in [7, 11) is 0. The highest BCUT2D eigenvalue weighted by Crippen LogP contribution is 2.34. The Morgan fingerprint density at radius 1 is 1.57 bits per heavy atom. The van der Waals surface area contributed by atoms with Crippen LogP contribution in [0.3, 0.4) is 0 Å². The second-order valence-corrected chi connectivity index (χ2v) is 7.40. The van der Waals surface area contributed by atoms with Crippen LogP contribution in [0.4, 0.5) is 4.39 Å². The van der Waals surface area contributed by atoms with Gasteiger partial charge in [0.2, 0.25) is 0 Å². The van der Waals surface area contributed by atoms with E-state index in [4.69, 9.17) is 12.2 Å². The molecule has 1 amide bonds. The first-order valence-electron chi connectivity index (χ1n) is 6.68. The van der Waals surface area contributed by atoms with Gasteiger partial charge in [0.15, 0.2) is 0 Å². The summed E-state index contributed by atoms with van der Waals surface area (Å²) in [6.45, 7) is 0. The number of carboxylic acid groups (broad SMARTS) is 1. The van der Waals surface area contributed by atoms with Crippen LogP contribution in [0.1, 0.15) is 12.0 Å². The van der Waals surface area contributed by atoms with Gasteiger partial charge < -0.3 is 5.11 Å². The number of benzene rings is 1. The van der Waals surface area contributed by atoms with E-state index in [9.17, 15) is 19.1 Å². The van der Waals surface area contributed by atoms with Crippen LogP contribution in [0, 0.1) is 5.82 Å². The third kappa shape index (κ3) is 4.33. The number of aliphatic carboxylic acids is 1. The van der Waals surface area contributed by atoms with Crippen LogP contribution in [-0.4, -0.2) is 44.3 Å². The monoisotopic (exact) mass is 371 g/mol. The molecule has 0 saturated carbocycles. The molecule has 122 valence electrons. The molecule has 0 spiro atoms. The number of hydrogen-bond acceptors (Lipinski definition) is 5. The highest BCUT2D eigenvalue weighted by molar-refractivity contribution is 8.26. The Hall–Kier alpha value is -1.38. The quantitative estimate of drug-likeness (QED) is 0.612. The van der Waals surface area contributed by atoms with Crippen molar-refractivity contribution in [2.75, 3.05) is 12.0 Å². The summed E-state index contributed by atoms with van der Waals surface area (Å²) < 4.78 is 13.4. The second kappa shape index (κ2) is 7.94. The number of thioether (sulfide) groups is 2. The lowest BCUT2D eigenvalue weighted by molar-refractivity contribution is -0.145. The Morgan fingerprint density at radius 3 is 2.91 bits per heavy atom. The van der Waals surface area contributed by atoms with E-state index in [-0.39, 0.29) is 4.32 Å². The van der Waals surface area contributed by atoms with Crippen LogP contribution >= 0.6 is 35.7 Å². The van der Waals surface area contributed by atoms with Gasteiger partial charge in [-0.25, -0.2) is 9.18 Å². The van der Waals surface area contributed by atoms with E-state index in [1.807, 2.05) is 6.26 Å². The Bertz CT molecular complexity index is 678. The first-order valence-corrected chi connectivity index (χ1v) is 9.30. The molecular weight excluding hydrogens is 357 g/mol. The van der Waals surface area contributed by atoms with E-state index in [1.165, 1.54) is 30.0 Å². The minimum absolute atomic E-state index is 0.214. The first kappa shape index (κ1) is 18.0.